The minimum absolute atomic E-state index is 0.672. The first kappa shape index (κ1) is 12.2. The number of hydrogen-bond donors (Lipinski definition) is 1. The molecule has 0 amide bonds. The van der Waals surface area contributed by atoms with Crippen molar-refractivity contribution in [2.45, 2.75) is 20.4 Å². The van der Waals surface area contributed by atoms with Gasteiger partial charge in [-0.3, -0.25) is 4.68 Å². The number of nitrogens with zero attached hydrogens (tertiary/aromatic N) is 3. The predicted octanol–water partition coefficient (Wildman–Crippen LogP) is 2.52. The molecule has 0 spiro atoms. The number of hydrogen-bond acceptors (Lipinski definition) is 3. The number of rotatable bonds is 3. The van der Waals surface area contributed by atoms with E-state index in [9.17, 15) is 0 Å². The van der Waals surface area contributed by atoms with Crippen LogP contribution in [0.4, 0.5) is 5.69 Å². The van der Waals surface area contributed by atoms with Crippen LogP contribution in [0.2, 0.25) is 0 Å². The van der Waals surface area contributed by atoms with Gasteiger partial charge in [0.1, 0.15) is 0 Å². The van der Waals surface area contributed by atoms with Gasteiger partial charge in [-0.25, -0.2) is 0 Å². The fourth-order valence-corrected chi connectivity index (χ4v) is 1.89. The molecule has 1 aromatic carbocycles. The van der Waals surface area contributed by atoms with Crippen LogP contribution in [0.1, 0.15) is 22.4 Å². The number of aromatic nitrogens is 2. The highest BCUT2D eigenvalue weighted by Crippen LogP contribution is 2.18. The highest BCUT2D eigenvalue weighted by molar-refractivity contribution is 5.55. The third-order valence-electron chi connectivity index (χ3n) is 2.95. The minimum Gasteiger partial charge on any atom is -0.381 e. The van der Waals surface area contributed by atoms with Crippen LogP contribution < -0.4 is 5.32 Å². The molecular weight excluding hydrogens is 224 g/mol. The van der Waals surface area contributed by atoms with E-state index in [4.69, 9.17) is 5.26 Å². The summed E-state index contributed by atoms with van der Waals surface area (Å²) in [5.41, 5.74) is 5.00. The van der Waals surface area contributed by atoms with Crippen molar-refractivity contribution in [1.29, 1.82) is 5.26 Å². The Morgan fingerprint density at radius 3 is 2.78 bits per heavy atom. The van der Waals surface area contributed by atoms with E-state index in [0.29, 0.717) is 5.56 Å². The largest absolute Gasteiger partial charge is 0.381 e. The highest BCUT2D eigenvalue weighted by atomic mass is 15.2. The van der Waals surface area contributed by atoms with Crippen LogP contribution in [0.3, 0.4) is 0 Å². The molecule has 0 atom stereocenters. The van der Waals surface area contributed by atoms with Crippen LogP contribution >= 0.6 is 0 Å². The molecule has 18 heavy (non-hydrogen) atoms. The zero-order valence-corrected chi connectivity index (χ0v) is 10.9. The van der Waals surface area contributed by atoms with Gasteiger partial charge >= 0.3 is 0 Å². The van der Waals surface area contributed by atoms with E-state index in [1.54, 1.807) is 0 Å². The average molecular weight is 240 g/mol. The third kappa shape index (κ3) is 2.51. The molecule has 4 nitrogen and oxygen atoms in total. The Morgan fingerprint density at radius 1 is 1.39 bits per heavy atom. The Bertz CT molecular complexity index is 605. The zero-order chi connectivity index (χ0) is 13.1. The van der Waals surface area contributed by atoms with Crippen molar-refractivity contribution in [3.05, 3.63) is 46.8 Å². The minimum atomic E-state index is 0.672. The van der Waals surface area contributed by atoms with Gasteiger partial charge in [0.2, 0.25) is 0 Å². The van der Waals surface area contributed by atoms with Crippen LogP contribution in [-0.2, 0) is 13.6 Å². The second-order valence-corrected chi connectivity index (χ2v) is 4.41. The van der Waals surface area contributed by atoms with Gasteiger partial charge in [-0.1, -0.05) is 6.07 Å². The van der Waals surface area contributed by atoms with E-state index in [1.165, 1.54) is 5.56 Å². The Kier molecular flexibility index (Phi) is 3.33. The summed E-state index contributed by atoms with van der Waals surface area (Å²) in [6.07, 6.45) is 2.01. The molecule has 0 bridgehead atoms. The summed E-state index contributed by atoms with van der Waals surface area (Å²) in [6.45, 7) is 4.74. The summed E-state index contributed by atoms with van der Waals surface area (Å²) in [7, 11) is 1.91. The van der Waals surface area contributed by atoms with E-state index in [-0.39, 0.29) is 0 Å². The molecule has 0 aliphatic rings. The lowest BCUT2D eigenvalue weighted by atomic mass is 10.1. The molecule has 4 heteroatoms. The number of nitriles is 1. The quantitative estimate of drug-likeness (QED) is 0.896. The lowest BCUT2D eigenvalue weighted by Crippen LogP contribution is -2.01. The monoisotopic (exact) mass is 240 g/mol. The van der Waals surface area contributed by atoms with Crippen molar-refractivity contribution in [2.75, 3.05) is 5.32 Å². The summed E-state index contributed by atoms with van der Waals surface area (Å²) in [4.78, 5) is 0. The van der Waals surface area contributed by atoms with Crippen molar-refractivity contribution in [3.63, 3.8) is 0 Å². The van der Waals surface area contributed by atoms with Crippen molar-refractivity contribution < 1.29 is 0 Å². The summed E-state index contributed by atoms with van der Waals surface area (Å²) in [6, 6.07) is 7.81. The number of nitrogens with one attached hydrogen (secondary N) is 1. The fourth-order valence-electron chi connectivity index (χ4n) is 1.89. The lowest BCUT2D eigenvalue weighted by Gasteiger charge is -2.09. The molecule has 0 fully saturated rings. The van der Waals surface area contributed by atoms with Crippen LogP contribution in [0, 0.1) is 25.2 Å². The molecule has 1 heterocycles. The number of aryl methyl sites for hydroxylation is 3. The van der Waals surface area contributed by atoms with E-state index < -0.39 is 0 Å². The Labute approximate surface area is 107 Å². The van der Waals surface area contributed by atoms with Gasteiger partial charge in [-0.05, 0) is 31.5 Å². The molecule has 0 saturated carbocycles. The van der Waals surface area contributed by atoms with Gasteiger partial charge < -0.3 is 5.32 Å². The molecule has 0 saturated heterocycles. The summed E-state index contributed by atoms with van der Waals surface area (Å²) >= 11 is 0. The van der Waals surface area contributed by atoms with Crippen LogP contribution in [0.15, 0.2) is 24.4 Å². The Hall–Kier alpha value is -2.28. The van der Waals surface area contributed by atoms with Crippen molar-refractivity contribution >= 4 is 5.69 Å². The van der Waals surface area contributed by atoms with E-state index in [2.05, 4.69) is 16.5 Å². The maximum Gasteiger partial charge on any atom is 0.0992 e. The van der Waals surface area contributed by atoms with Gasteiger partial charge in [-0.15, -0.1) is 0 Å². The summed E-state index contributed by atoms with van der Waals surface area (Å²) in [5, 5.41) is 16.6. The van der Waals surface area contributed by atoms with E-state index in [0.717, 1.165) is 23.5 Å². The first-order valence-electron chi connectivity index (χ1n) is 5.84. The lowest BCUT2D eigenvalue weighted by molar-refractivity contribution is 0.756. The Balaban J connectivity index is 2.15. The molecule has 0 unspecified atom stereocenters. The molecular formula is C14H16N4. The topological polar surface area (TPSA) is 53.6 Å². The maximum absolute atomic E-state index is 8.89. The van der Waals surface area contributed by atoms with Crippen LogP contribution in [0.25, 0.3) is 0 Å². The maximum atomic E-state index is 8.89. The standard InChI is InChI=1S/C14H16N4/c1-10-4-5-12(7-15)6-14(10)16-8-13-9-18(3)17-11(13)2/h4-6,9,16H,8H2,1-3H3. The number of benzene rings is 1. The zero-order valence-electron chi connectivity index (χ0n) is 10.9. The molecule has 1 aromatic heterocycles. The molecule has 92 valence electrons. The molecule has 2 aromatic rings. The molecule has 0 radical (unpaired) electrons. The molecule has 2 rings (SSSR count). The van der Waals surface area contributed by atoms with E-state index in [1.807, 2.05) is 50.0 Å². The van der Waals surface area contributed by atoms with Gasteiger partial charge in [0.05, 0.1) is 17.3 Å². The van der Waals surface area contributed by atoms with Gasteiger partial charge in [0.25, 0.3) is 0 Å². The first-order valence-corrected chi connectivity index (χ1v) is 5.84. The fraction of sp³-hybridized carbons (Fsp3) is 0.286. The van der Waals surface area contributed by atoms with Crippen LogP contribution in [-0.4, -0.2) is 9.78 Å². The highest BCUT2D eigenvalue weighted by Gasteiger charge is 2.04. The summed E-state index contributed by atoms with van der Waals surface area (Å²) < 4.78 is 1.81. The molecule has 1 N–H and O–H groups in total. The third-order valence-corrected chi connectivity index (χ3v) is 2.95. The summed E-state index contributed by atoms with van der Waals surface area (Å²) in [5.74, 6) is 0. The SMILES string of the molecule is Cc1ccc(C#N)cc1NCc1cn(C)nc1C. The second kappa shape index (κ2) is 4.92. The Morgan fingerprint density at radius 2 is 2.17 bits per heavy atom. The van der Waals surface area contributed by atoms with Gasteiger partial charge in [-0.2, -0.15) is 10.4 Å². The van der Waals surface area contributed by atoms with Gasteiger partial charge in [0, 0.05) is 31.0 Å². The molecule has 0 aliphatic heterocycles. The van der Waals surface area contributed by atoms with E-state index >= 15 is 0 Å². The smallest absolute Gasteiger partial charge is 0.0992 e. The van der Waals surface area contributed by atoms with Gasteiger partial charge in [0.15, 0.2) is 0 Å². The van der Waals surface area contributed by atoms with Crippen LogP contribution in [0.5, 0.6) is 0 Å². The van der Waals surface area contributed by atoms with Crippen molar-refractivity contribution in [3.8, 4) is 6.07 Å². The molecule has 0 aliphatic carbocycles. The second-order valence-electron chi connectivity index (χ2n) is 4.41. The van der Waals surface area contributed by atoms with Crippen molar-refractivity contribution in [1.82, 2.24) is 9.78 Å². The number of anilines is 1. The average Bonchev–Trinajstić information content (AvgIpc) is 2.67. The normalized spacial score (nSPS) is 10.1. The van der Waals surface area contributed by atoms with Crippen molar-refractivity contribution in [2.24, 2.45) is 7.05 Å². The first-order chi connectivity index (χ1) is 8.60. The predicted molar refractivity (Wildman–Crippen MR) is 71.2 cm³/mol.